The average molecular weight is 232 g/mol. The molecule has 1 N–H and O–H groups in total. The number of ether oxygens (including phenoxy) is 1. The summed E-state index contributed by atoms with van der Waals surface area (Å²) in [4.78, 5) is 3.39. The van der Waals surface area contributed by atoms with Crippen LogP contribution < -0.4 is 5.32 Å². The number of halogens is 3. The Morgan fingerprint density at radius 3 is 2.94 bits per heavy atom. The summed E-state index contributed by atoms with van der Waals surface area (Å²) in [5.41, 5.74) is 0.463. The van der Waals surface area contributed by atoms with Gasteiger partial charge in [-0.1, -0.05) is 0 Å². The maximum Gasteiger partial charge on any atom is 0.433 e. The second-order valence-corrected chi connectivity index (χ2v) is 3.73. The normalized spacial score (nSPS) is 19.4. The molecule has 1 aromatic heterocycles. The highest BCUT2D eigenvalue weighted by Gasteiger charge is 2.34. The van der Waals surface area contributed by atoms with Crippen LogP contribution in [-0.2, 0) is 17.3 Å². The first-order chi connectivity index (χ1) is 7.50. The second-order valence-electron chi connectivity index (χ2n) is 3.73. The summed E-state index contributed by atoms with van der Waals surface area (Å²) < 4.78 is 42.1. The minimum atomic E-state index is -4.38. The largest absolute Gasteiger partial charge is 0.433 e. The van der Waals surface area contributed by atoms with Gasteiger partial charge in [-0.25, -0.2) is 4.98 Å². The van der Waals surface area contributed by atoms with Crippen molar-refractivity contribution in [1.29, 1.82) is 0 Å². The summed E-state index contributed by atoms with van der Waals surface area (Å²) >= 11 is 0. The second kappa shape index (κ2) is 3.93. The molecule has 1 aliphatic rings. The molecule has 2 heterocycles. The predicted octanol–water partition coefficient (Wildman–Crippen LogP) is 2.08. The third-order valence-corrected chi connectivity index (χ3v) is 2.47. The van der Waals surface area contributed by atoms with Crippen LogP contribution in [0.2, 0.25) is 0 Å². The summed E-state index contributed by atoms with van der Waals surface area (Å²) in [5.74, 6) is 0. The van der Waals surface area contributed by atoms with Gasteiger partial charge < -0.3 is 10.1 Å². The van der Waals surface area contributed by atoms with E-state index in [-0.39, 0.29) is 6.04 Å². The van der Waals surface area contributed by atoms with Crippen molar-refractivity contribution in [3.8, 4) is 0 Å². The highest BCUT2D eigenvalue weighted by molar-refractivity contribution is 5.56. The number of hydrogen-bond donors (Lipinski definition) is 1. The van der Waals surface area contributed by atoms with Gasteiger partial charge in [0.1, 0.15) is 5.69 Å². The molecule has 1 aromatic rings. The topological polar surface area (TPSA) is 34.1 Å². The first-order valence-electron chi connectivity index (χ1n) is 4.82. The number of rotatable bonds is 2. The molecule has 16 heavy (non-hydrogen) atoms. The Morgan fingerprint density at radius 1 is 1.56 bits per heavy atom. The molecule has 0 saturated carbocycles. The fourth-order valence-corrected chi connectivity index (χ4v) is 1.79. The van der Waals surface area contributed by atoms with Gasteiger partial charge in [0.25, 0.3) is 0 Å². The minimum absolute atomic E-state index is 0.0327. The molecule has 0 fully saturated rings. The number of nitrogens with zero attached hydrogens (tertiary/aromatic N) is 1. The van der Waals surface area contributed by atoms with Gasteiger partial charge in [-0.15, -0.1) is 0 Å². The monoisotopic (exact) mass is 232 g/mol. The first-order valence-corrected chi connectivity index (χ1v) is 4.82. The van der Waals surface area contributed by atoms with Crippen LogP contribution in [0, 0.1) is 0 Å². The Balaban J connectivity index is 2.21. The van der Waals surface area contributed by atoms with Crippen LogP contribution in [0.1, 0.15) is 11.3 Å². The van der Waals surface area contributed by atoms with Gasteiger partial charge in [-0.2, -0.15) is 13.2 Å². The van der Waals surface area contributed by atoms with Gasteiger partial charge in [0.15, 0.2) is 0 Å². The smallest absolute Gasteiger partial charge is 0.383 e. The molecule has 1 aliphatic heterocycles. The zero-order valence-corrected chi connectivity index (χ0v) is 8.64. The number of fused-ring (bicyclic) bond motifs is 1. The van der Waals surface area contributed by atoms with Crippen LogP contribution in [0.25, 0.3) is 0 Å². The molecule has 0 spiro atoms. The molecule has 6 heteroatoms. The van der Waals surface area contributed by atoms with E-state index >= 15 is 0 Å². The quantitative estimate of drug-likeness (QED) is 0.847. The van der Waals surface area contributed by atoms with Crippen molar-refractivity contribution in [3.05, 3.63) is 23.5 Å². The standard InChI is InChI=1S/C10H11F3N2O/c1-16-5-7-2-6-3-9(10(11,12)13)14-4-8(6)15-7/h3-4,7,15H,2,5H2,1H3/t7-/m1/s1. The summed E-state index contributed by atoms with van der Waals surface area (Å²) in [6, 6.07) is 1.13. The molecule has 0 aromatic carbocycles. The number of hydrogen-bond acceptors (Lipinski definition) is 3. The lowest BCUT2D eigenvalue weighted by Crippen LogP contribution is -2.21. The van der Waals surface area contributed by atoms with E-state index in [1.807, 2.05) is 0 Å². The van der Waals surface area contributed by atoms with Crippen LogP contribution in [0.3, 0.4) is 0 Å². The number of alkyl halides is 3. The van der Waals surface area contributed by atoms with Crippen molar-refractivity contribution in [2.24, 2.45) is 0 Å². The zero-order valence-electron chi connectivity index (χ0n) is 8.64. The average Bonchev–Trinajstić information content (AvgIpc) is 2.57. The molecule has 0 aliphatic carbocycles. The van der Waals surface area contributed by atoms with Crippen molar-refractivity contribution in [2.45, 2.75) is 18.6 Å². The van der Waals surface area contributed by atoms with Gasteiger partial charge in [0.05, 0.1) is 24.5 Å². The van der Waals surface area contributed by atoms with Gasteiger partial charge in [-0.05, 0) is 18.1 Å². The Kier molecular flexibility index (Phi) is 2.75. The van der Waals surface area contributed by atoms with Crippen molar-refractivity contribution < 1.29 is 17.9 Å². The zero-order chi connectivity index (χ0) is 11.8. The maximum absolute atomic E-state index is 12.4. The van der Waals surface area contributed by atoms with E-state index in [1.54, 1.807) is 7.11 Å². The maximum atomic E-state index is 12.4. The SMILES string of the molecule is COC[C@H]1Cc2cc(C(F)(F)F)ncc2N1. The number of anilines is 1. The van der Waals surface area contributed by atoms with E-state index in [4.69, 9.17) is 4.74 Å². The minimum Gasteiger partial charge on any atom is -0.383 e. The molecule has 0 bridgehead atoms. The van der Waals surface area contributed by atoms with Crippen molar-refractivity contribution in [1.82, 2.24) is 4.98 Å². The van der Waals surface area contributed by atoms with Crippen LogP contribution >= 0.6 is 0 Å². The van der Waals surface area contributed by atoms with Crippen LogP contribution in [-0.4, -0.2) is 24.7 Å². The summed E-state index contributed by atoms with van der Waals surface area (Å²) in [7, 11) is 1.56. The lowest BCUT2D eigenvalue weighted by atomic mass is 10.1. The predicted molar refractivity (Wildman–Crippen MR) is 52.2 cm³/mol. The van der Waals surface area contributed by atoms with E-state index < -0.39 is 11.9 Å². The van der Waals surface area contributed by atoms with Crippen molar-refractivity contribution >= 4 is 5.69 Å². The Morgan fingerprint density at radius 2 is 2.31 bits per heavy atom. The van der Waals surface area contributed by atoms with Crippen LogP contribution in [0.4, 0.5) is 18.9 Å². The molecule has 0 radical (unpaired) electrons. The summed E-state index contributed by atoms with van der Waals surface area (Å²) in [6.07, 6.45) is -2.61. The van der Waals surface area contributed by atoms with E-state index in [0.717, 1.165) is 6.07 Å². The fourth-order valence-electron chi connectivity index (χ4n) is 1.79. The molecule has 88 valence electrons. The van der Waals surface area contributed by atoms with Gasteiger partial charge >= 0.3 is 6.18 Å². The van der Waals surface area contributed by atoms with E-state index in [0.29, 0.717) is 24.3 Å². The molecule has 3 nitrogen and oxygen atoms in total. The third-order valence-electron chi connectivity index (χ3n) is 2.47. The van der Waals surface area contributed by atoms with Gasteiger partial charge in [-0.3, -0.25) is 0 Å². The Hall–Kier alpha value is -1.30. The Bertz CT molecular complexity index is 392. The highest BCUT2D eigenvalue weighted by Crippen LogP contribution is 2.32. The molecular formula is C10H11F3N2O. The number of methoxy groups -OCH3 is 1. The molecular weight excluding hydrogens is 221 g/mol. The summed E-state index contributed by atoms with van der Waals surface area (Å²) in [5, 5.41) is 3.06. The van der Waals surface area contributed by atoms with Crippen LogP contribution in [0.15, 0.2) is 12.3 Å². The molecule has 0 saturated heterocycles. The molecule has 2 rings (SSSR count). The van der Waals surface area contributed by atoms with Crippen LogP contribution in [0.5, 0.6) is 0 Å². The number of pyridine rings is 1. The summed E-state index contributed by atoms with van der Waals surface area (Å²) in [6.45, 7) is 0.468. The van der Waals surface area contributed by atoms with E-state index in [9.17, 15) is 13.2 Å². The molecule has 0 unspecified atom stereocenters. The number of aromatic nitrogens is 1. The third kappa shape index (κ3) is 2.11. The fraction of sp³-hybridized carbons (Fsp3) is 0.500. The lowest BCUT2D eigenvalue weighted by molar-refractivity contribution is -0.141. The van der Waals surface area contributed by atoms with Crippen molar-refractivity contribution in [3.63, 3.8) is 0 Å². The highest BCUT2D eigenvalue weighted by atomic mass is 19.4. The van der Waals surface area contributed by atoms with E-state index in [1.165, 1.54) is 6.20 Å². The van der Waals surface area contributed by atoms with Gasteiger partial charge in [0.2, 0.25) is 0 Å². The first kappa shape index (κ1) is 11.2. The molecule has 0 amide bonds. The van der Waals surface area contributed by atoms with E-state index in [2.05, 4.69) is 10.3 Å². The number of nitrogens with one attached hydrogen (secondary N) is 1. The Labute approximate surface area is 90.6 Å². The lowest BCUT2D eigenvalue weighted by Gasteiger charge is -2.08. The molecule has 1 atom stereocenters. The van der Waals surface area contributed by atoms with Gasteiger partial charge in [0, 0.05) is 7.11 Å². The van der Waals surface area contributed by atoms with Crippen molar-refractivity contribution in [2.75, 3.05) is 19.0 Å².